The zero-order valence-electron chi connectivity index (χ0n) is 25.4. The molecule has 228 valence electrons. The van der Waals surface area contributed by atoms with Crippen molar-refractivity contribution < 1.29 is 23.9 Å². The number of carbonyl (C=O) groups excluding carboxylic acids is 3. The van der Waals surface area contributed by atoms with Crippen molar-refractivity contribution in [2.24, 2.45) is 0 Å². The highest BCUT2D eigenvalue weighted by atomic mass is 16.5. The monoisotopic (exact) mass is 608 g/mol. The van der Waals surface area contributed by atoms with Gasteiger partial charge >= 0.3 is 0 Å². The topological polar surface area (TPSA) is 93.7 Å². The number of anilines is 1. The summed E-state index contributed by atoms with van der Waals surface area (Å²) < 4.78 is 10.6. The number of methoxy groups -OCH3 is 2. The van der Waals surface area contributed by atoms with Crippen LogP contribution in [0.25, 0.3) is 23.3 Å². The minimum Gasteiger partial charge on any atom is -0.497 e. The summed E-state index contributed by atoms with van der Waals surface area (Å²) in [6.07, 6.45) is 4.74. The van der Waals surface area contributed by atoms with Crippen LogP contribution in [-0.4, -0.2) is 31.8 Å². The molecule has 0 saturated carbocycles. The third kappa shape index (κ3) is 8.03. The summed E-state index contributed by atoms with van der Waals surface area (Å²) in [7, 11) is 3.13. The van der Waals surface area contributed by atoms with Gasteiger partial charge in [-0.25, -0.2) is 0 Å². The highest BCUT2D eigenvalue weighted by Gasteiger charge is 2.16. The fourth-order valence-electron chi connectivity index (χ4n) is 4.66. The SMILES string of the molecule is COc1ccc(OC)c(/C=C/C(=O)c2ccc(NC(=O)/C(=C/c3ccc(-c4ccccc4)cc3)NC(=O)c3ccccc3)cc2)c1. The molecule has 7 nitrogen and oxygen atoms in total. The molecule has 7 heteroatoms. The summed E-state index contributed by atoms with van der Waals surface area (Å²) in [5, 5.41) is 5.58. The van der Waals surface area contributed by atoms with Gasteiger partial charge in [-0.15, -0.1) is 0 Å². The number of ether oxygens (including phenoxy) is 2. The zero-order chi connectivity index (χ0) is 32.3. The number of allylic oxidation sites excluding steroid dienone is 1. The van der Waals surface area contributed by atoms with Gasteiger partial charge in [0.15, 0.2) is 5.78 Å². The number of ketones is 1. The van der Waals surface area contributed by atoms with E-state index in [0.717, 1.165) is 16.7 Å². The molecular weight excluding hydrogens is 576 g/mol. The summed E-state index contributed by atoms with van der Waals surface area (Å²) in [6, 6.07) is 38.2. The number of carbonyl (C=O) groups is 3. The maximum Gasteiger partial charge on any atom is 0.272 e. The number of benzene rings is 5. The molecular formula is C39H32N2O5. The van der Waals surface area contributed by atoms with Crippen LogP contribution in [0.5, 0.6) is 11.5 Å². The van der Waals surface area contributed by atoms with Crippen LogP contribution in [0, 0.1) is 0 Å². The Bertz CT molecular complexity index is 1880. The second-order valence-electron chi connectivity index (χ2n) is 10.2. The van der Waals surface area contributed by atoms with Crippen molar-refractivity contribution in [1.82, 2.24) is 5.32 Å². The molecule has 0 unspecified atom stereocenters. The molecule has 0 radical (unpaired) electrons. The average molecular weight is 609 g/mol. The Labute approximate surface area is 267 Å². The summed E-state index contributed by atoms with van der Waals surface area (Å²) in [5.41, 5.74) is 4.92. The van der Waals surface area contributed by atoms with Crippen LogP contribution < -0.4 is 20.1 Å². The van der Waals surface area contributed by atoms with Crippen molar-refractivity contribution in [3.8, 4) is 22.6 Å². The van der Waals surface area contributed by atoms with Gasteiger partial charge in [0, 0.05) is 22.4 Å². The van der Waals surface area contributed by atoms with Crippen molar-refractivity contribution in [2.45, 2.75) is 0 Å². The Morgan fingerprint density at radius 3 is 1.96 bits per heavy atom. The normalized spacial score (nSPS) is 11.1. The molecule has 0 aliphatic rings. The van der Waals surface area contributed by atoms with Crippen molar-refractivity contribution in [2.75, 3.05) is 19.5 Å². The molecule has 2 amide bonds. The summed E-state index contributed by atoms with van der Waals surface area (Å²) in [4.78, 5) is 39.4. The third-order valence-corrected chi connectivity index (χ3v) is 7.14. The molecule has 0 aliphatic heterocycles. The highest BCUT2D eigenvalue weighted by Crippen LogP contribution is 2.25. The van der Waals surface area contributed by atoms with Gasteiger partial charge in [0.1, 0.15) is 17.2 Å². The van der Waals surface area contributed by atoms with Crippen LogP contribution in [0.15, 0.2) is 139 Å². The summed E-state index contributed by atoms with van der Waals surface area (Å²) in [5.74, 6) is 0.102. The van der Waals surface area contributed by atoms with E-state index in [1.54, 1.807) is 93.1 Å². The van der Waals surface area contributed by atoms with Gasteiger partial charge in [-0.05, 0) is 89.5 Å². The summed E-state index contributed by atoms with van der Waals surface area (Å²) in [6.45, 7) is 0. The van der Waals surface area contributed by atoms with E-state index in [-0.39, 0.29) is 11.5 Å². The van der Waals surface area contributed by atoms with Crippen LogP contribution in [0.1, 0.15) is 31.8 Å². The lowest BCUT2D eigenvalue weighted by Crippen LogP contribution is -2.30. The second kappa shape index (κ2) is 15.0. The van der Waals surface area contributed by atoms with Crippen molar-refractivity contribution in [3.05, 3.63) is 161 Å². The van der Waals surface area contributed by atoms with E-state index in [0.29, 0.717) is 33.9 Å². The van der Waals surface area contributed by atoms with Crippen molar-refractivity contribution in [3.63, 3.8) is 0 Å². The van der Waals surface area contributed by atoms with Crippen LogP contribution in [0.3, 0.4) is 0 Å². The van der Waals surface area contributed by atoms with E-state index in [9.17, 15) is 14.4 Å². The number of amides is 2. The van der Waals surface area contributed by atoms with Gasteiger partial charge in [0.25, 0.3) is 11.8 Å². The Kier molecular flexibility index (Phi) is 10.2. The van der Waals surface area contributed by atoms with Gasteiger partial charge in [-0.1, -0.05) is 72.8 Å². The molecule has 0 bridgehead atoms. The van der Waals surface area contributed by atoms with Crippen LogP contribution in [0.4, 0.5) is 5.69 Å². The minimum absolute atomic E-state index is 0.0663. The standard InChI is InChI=1S/C39H32N2O5/c1-45-34-22-24-37(46-2)32(26-34)19-23-36(42)30-17-20-33(21-18-30)40-39(44)35(41-38(43)31-11-7-4-8-12-31)25-27-13-15-29(16-14-27)28-9-5-3-6-10-28/h3-26H,1-2H3,(H,40,44)(H,41,43)/b23-19+,35-25-. The van der Waals surface area contributed by atoms with Crippen LogP contribution in [0.2, 0.25) is 0 Å². The Hall–Kier alpha value is -6.21. The smallest absolute Gasteiger partial charge is 0.272 e. The molecule has 0 heterocycles. The van der Waals surface area contributed by atoms with E-state index in [2.05, 4.69) is 10.6 Å². The number of hydrogen-bond acceptors (Lipinski definition) is 5. The van der Waals surface area contributed by atoms with E-state index < -0.39 is 11.8 Å². The van der Waals surface area contributed by atoms with Crippen molar-refractivity contribution >= 4 is 35.4 Å². The Morgan fingerprint density at radius 2 is 1.30 bits per heavy atom. The van der Waals surface area contributed by atoms with E-state index in [1.807, 2.05) is 60.7 Å². The molecule has 5 aromatic rings. The first-order chi connectivity index (χ1) is 22.4. The minimum atomic E-state index is -0.513. The van der Waals surface area contributed by atoms with Gasteiger partial charge in [0.2, 0.25) is 0 Å². The lowest BCUT2D eigenvalue weighted by Gasteiger charge is -2.12. The quantitative estimate of drug-likeness (QED) is 0.119. The number of hydrogen-bond donors (Lipinski definition) is 2. The first-order valence-electron chi connectivity index (χ1n) is 14.5. The second-order valence-corrected chi connectivity index (χ2v) is 10.2. The van der Waals surface area contributed by atoms with E-state index in [1.165, 1.54) is 6.08 Å². The predicted octanol–water partition coefficient (Wildman–Crippen LogP) is 7.68. The fraction of sp³-hybridized carbons (Fsp3) is 0.0513. The molecule has 5 rings (SSSR count). The fourth-order valence-corrected chi connectivity index (χ4v) is 4.66. The number of nitrogens with one attached hydrogen (secondary N) is 2. The van der Waals surface area contributed by atoms with Gasteiger partial charge in [-0.3, -0.25) is 14.4 Å². The lowest BCUT2D eigenvalue weighted by molar-refractivity contribution is -0.113. The molecule has 0 saturated heterocycles. The maximum atomic E-state index is 13.5. The molecule has 2 N–H and O–H groups in total. The number of rotatable bonds is 11. The van der Waals surface area contributed by atoms with E-state index in [4.69, 9.17) is 9.47 Å². The van der Waals surface area contributed by atoms with Crippen LogP contribution >= 0.6 is 0 Å². The maximum absolute atomic E-state index is 13.5. The molecule has 0 atom stereocenters. The zero-order valence-corrected chi connectivity index (χ0v) is 25.4. The van der Waals surface area contributed by atoms with Gasteiger partial charge in [0.05, 0.1) is 14.2 Å². The molecule has 0 aromatic heterocycles. The first kappa shape index (κ1) is 31.2. The molecule has 0 spiro atoms. The predicted molar refractivity (Wildman–Crippen MR) is 182 cm³/mol. The van der Waals surface area contributed by atoms with Gasteiger partial charge in [-0.2, -0.15) is 0 Å². The average Bonchev–Trinajstić information content (AvgIpc) is 3.11. The first-order valence-corrected chi connectivity index (χ1v) is 14.5. The Morgan fingerprint density at radius 1 is 0.652 bits per heavy atom. The lowest BCUT2D eigenvalue weighted by atomic mass is 10.0. The third-order valence-electron chi connectivity index (χ3n) is 7.14. The molecule has 46 heavy (non-hydrogen) atoms. The molecule has 0 fully saturated rings. The summed E-state index contributed by atoms with van der Waals surface area (Å²) >= 11 is 0. The highest BCUT2D eigenvalue weighted by molar-refractivity contribution is 6.11. The van der Waals surface area contributed by atoms with Crippen LogP contribution in [-0.2, 0) is 4.79 Å². The van der Waals surface area contributed by atoms with Crippen molar-refractivity contribution in [1.29, 1.82) is 0 Å². The van der Waals surface area contributed by atoms with E-state index >= 15 is 0 Å². The van der Waals surface area contributed by atoms with Gasteiger partial charge < -0.3 is 20.1 Å². The molecule has 0 aliphatic carbocycles. The largest absolute Gasteiger partial charge is 0.497 e. The Balaban J connectivity index is 1.33. The molecule has 5 aromatic carbocycles.